The van der Waals surface area contributed by atoms with Gasteiger partial charge in [-0.2, -0.15) is 0 Å². The lowest BCUT2D eigenvalue weighted by Gasteiger charge is -2.17. The predicted molar refractivity (Wildman–Crippen MR) is 68.6 cm³/mol. The molecular weight excluding hydrogens is 285 g/mol. The zero-order chi connectivity index (χ0) is 12.6. The summed E-state index contributed by atoms with van der Waals surface area (Å²) in [5.41, 5.74) is 2.28. The summed E-state index contributed by atoms with van der Waals surface area (Å²) in [6, 6.07) is 3.63. The molecule has 92 valence electrons. The van der Waals surface area contributed by atoms with Gasteiger partial charge in [-0.1, -0.05) is 28.1 Å². The fourth-order valence-corrected chi connectivity index (χ4v) is 2.70. The number of carbonyl (C=O) groups is 1. The first kappa shape index (κ1) is 12.6. The van der Waals surface area contributed by atoms with Crippen LogP contribution in [0.15, 0.2) is 12.1 Å². The van der Waals surface area contributed by atoms with Crippen LogP contribution in [0.25, 0.3) is 0 Å². The van der Waals surface area contributed by atoms with Crippen LogP contribution < -0.4 is 0 Å². The molecule has 0 N–H and O–H groups in total. The molecule has 1 amide bonds. The highest BCUT2D eigenvalue weighted by Gasteiger charge is 2.29. The van der Waals surface area contributed by atoms with Gasteiger partial charge in [0.2, 0.25) is 5.91 Å². The van der Waals surface area contributed by atoms with Crippen molar-refractivity contribution >= 4 is 21.8 Å². The minimum absolute atomic E-state index is 0.0508. The smallest absolute Gasteiger partial charge is 0.236 e. The van der Waals surface area contributed by atoms with E-state index in [4.69, 9.17) is 0 Å². The van der Waals surface area contributed by atoms with Crippen LogP contribution in [0, 0.1) is 19.7 Å². The highest BCUT2D eigenvalue weighted by Crippen LogP contribution is 2.22. The number of halogens is 2. The molecule has 1 saturated heterocycles. The molecule has 1 fully saturated rings. The van der Waals surface area contributed by atoms with Crippen molar-refractivity contribution < 1.29 is 9.18 Å². The number of rotatable bonds is 2. The van der Waals surface area contributed by atoms with Crippen LogP contribution in [0.4, 0.5) is 4.39 Å². The van der Waals surface area contributed by atoms with E-state index in [-0.39, 0.29) is 16.6 Å². The third-order valence-corrected chi connectivity index (χ3v) is 3.95. The average Bonchev–Trinajstić information content (AvgIpc) is 2.58. The van der Waals surface area contributed by atoms with Gasteiger partial charge in [0.05, 0.1) is 4.83 Å². The third kappa shape index (κ3) is 2.51. The van der Waals surface area contributed by atoms with Gasteiger partial charge >= 0.3 is 0 Å². The Morgan fingerprint density at radius 2 is 2.00 bits per heavy atom. The fourth-order valence-electron chi connectivity index (χ4n) is 2.21. The Bertz CT molecular complexity index is 438. The van der Waals surface area contributed by atoms with Crippen LogP contribution in [0.1, 0.15) is 23.1 Å². The molecule has 1 heterocycles. The maximum absolute atomic E-state index is 13.5. The zero-order valence-electron chi connectivity index (χ0n) is 9.96. The van der Waals surface area contributed by atoms with Gasteiger partial charge in [-0.25, -0.2) is 4.39 Å². The third-order valence-electron chi connectivity index (χ3n) is 3.10. The Kier molecular flexibility index (Phi) is 3.52. The van der Waals surface area contributed by atoms with E-state index in [0.717, 1.165) is 18.5 Å². The number of hydrogen-bond donors (Lipinski definition) is 0. The quantitative estimate of drug-likeness (QED) is 0.769. The monoisotopic (exact) mass is 299 g/mol. The van der Waals surface area contributed by atoms with Crippen LogP contribution in [0.5, 0.6) is 0 Å². The summed E-state index contributed by atoms with van der Waals surface area (Å²) >= 11 is 3.35. The van der Waals surface area contributed by atoms with E-state index >= 15 is 0 Å². The van der Waals surface area contributed by atoms with Crippen LogP contribution in [-0.2, 0) is 11.3 Å². The topological polar surface area (TPSA) is 20.3 Å². The van der Waals surface area contributed by atoms with Crippen molar-refractivity contribution in [1.82, 2.24) is 4.90 Å². The van der Waals surface area contributed by atoms with Crippen molar-refractivity contribution in [3.05, 3.63) is 34.6 Å². The molecule has 0 saturated carbocycles. The SMILES string of the molecule is Cc1cc(CN2CCC(Br)C2=O)cc(C)c1F. The van der Waals surface area contributed by atoms with Crippen LogP contribution in [0.2, 0.25) is 0 Å². The summed E-state index contributed by atoms with van der Waals surface area (Å²) in [5.74, 6) is -0.0236. The van der Waals surface area contributed by atoms with Gasteiger partial charge in [-0.05, 0) is 37.0 Å². The van der Waals surface area contributed by atoms with Gasteiger partial charge < -0.3 is 4.90 Å². The van der Waals surface area contributed by atoms with Gasteiger partial charge in [0.1, 0.15) is 5.82 Å². The molecule has 17 heavy (non-hydrogen) atoms. The zero-order valence-corrected chi connectivity index (χ0v) is 11.6. The molecule has 1 atom stereocenters. The number of aryl methyl sites for hydroxylation is 2. The lowest BCUT2D eigenvalue weighted by atomic mass is 10.1. The van der Waals surface area contributed by atoms with Gasteiger partial charge in [-0.15, -0.1) is 0 Å². The molecule has 0 bridgehead atoms. The molecule has 1 aromatic rings. The number of nitrogens with zero attached hydrogens (tertiary/aromatic N) is 1. The second-order valence-electron chi connectivity index (χ2n) is 4.56. The molecule has 1 aliphatic heterocycles. The second kappa shape index (κ2) is 4.77. The minimum atomic E-state index is -0.153. The highest BCUT2D eigenvalue weighted by molar-refractivity contribution is 9.10. The summed E-state index contributed by atoms with van der Waals surface area (Å²) in [6.07, 6.45) is 0.845. The van der Waals surface area contributed by atoms with E-state index in [1.807, 2.05) is 17.0 Å². The highest BCUT2D eigenvalue weighted by atomic mass is 79.9. The van der Waals surface area contributed by atoms with E-state index in [0.29, 0.717) is 17.7 Å². The molecule has 0 aromatic heterocycles. The normalized spacial score (nSPS) is 20.1. The van der Waals surface area contributed by atoms with Crippen molar-refractivity contribution in [3.8, 4) is 0 Å². The lowest BCUT2D eigenvalue weighted by Crippen LogP contribution is -2.27. The molecular formula is C13H15BrFNO. The van der Waals surface area contributed by atoms with Gasteiger partial charge in [-0.3, -0.25) is 4.79 Å². The number of amides is 1. The van der Waals surface area contributed by atoms with Gasteiger partial charge in [0.15, 0.2) is 0 Å². The van der Waals surface area contributed by atoms with Gasteiger partial charge in [0, 0.05) is 13.1 Å². The molecule has 4 heteroatoms. The standard InChI is InChI=1S/C13H15BrFNO/c1-8-5-10(6-9(2)12(8)15)7-16-4-3-11(14)13(16)17/h5-6,11H,3-4,7H2,1-2H3. The first-order valence-corrected chi connectivity index (χ1v) is 6.59. The number of carbonyl (C=O) groups excluding carboxylic acids is 1. The Morgan fingerprint density at radius 1 is 1.41 bits per heavy atom. The second-order valence-corrected chi connectivity index (χ2v) is 5.66. The summed E-state index contributed by atoms with van der Waals surface area (Å²) < 4.78 is 13.5. The van der Waals surface area contributed by atoms with E-state index < -0.39 is 0 Å². The Morgan fingerprint density at radius 3 is 2.47 bits per heavy atom. The molecule has 1 unspecified atom stereocenters. The predicted octanol–water partition coefficient (Wildman–Crippen LogP) is 2.94. The van der Waals surface area contributed by atoms with E-state index in [1.54, 1.807) is 13.8 Å². The molecule has 0 spiro atoms. The Hall–Kier alpha value is -0.900. The largest absolute Gasteiger partial charge is 0.337 e. The van der Waals surface area contributed by atoms with Crippen molar-refractivity contribution in [3.63, 3.8) is 0 Å². The Labute approximate surface area is 109 Å². The number of benzene rings is 1. The first-order chi connectivity index (χ1) is 7.99. The molecule has 2 rings (SSSR count). The summed E-state index contributed by atoms with van der Waals surface area (Å²) in [7, 11) is 0. The van der Waals surface area contributed by atoms with Crippen molar-refractivity contribution in [2.45, 2.75) is 31.6 Å². The average molecular weight is 300 g/mol. The summed E-state index contributed by atoms with van der Waals surface area (Å²) in [6.45, 7) is 4.85. The van der Waals surface area contributed by atoms with E-state index in [1.165, 1.54) is 0 Å². The molecule has 1 aliphatic rings. The number of hydrogen-bond acceptors (Lipinski definition) is 1. The summed E-state index contributed by atoms with van der Waals surface area (Å²) in [5, 5.41) is 0. The van der Waals surface area contributed by atoms with Crippen molar-refractivity contribution in [1.29, 1.82) is 0 Å². The van der Waals surface area contributed by atoms with Crippen molar-refractivity contribution in [2.75, 3.05) is 6.54 Å². The van der Waals surface area contributed by atoms with Crippen LogP contribution in [-0.4, -0.2) is 22.2 Å². The van der Waals surface area contributed by atoms with Crippen LogP contribution >= 0.6 is 15.9 Å². The molecule has 1 aromatic carbocycles. The first-order valence-electron chi connectivity index (χ1n) is 5.67. The maximum atomic E-state index is 13.5. The van der Waals surface area contributed by atoms with Gasteiger partial charge in [0.25, 0.3) is 0 Å². The molecule has 0 aliphatic carbocycles. The number of alkyl halides is 1. The Balaban J connectivity index is 2.17. The van der Waals surface area contributed by atoms with E-state index in [9.17, 15) is 9.18 Å². The fraction of sp³-hybridized carbons (Fsp3) is 0.462. The van der Waals surface area contributed by atoms with Crippen LogP contribution in [0.3, 0.4) is 0 Å². The lowest BCUT2D eigenvalue weighted by molar-refractivity contribution is -0.127. The molecule has 0 radical (unpaired) electrons. The number of likely N-dealkylation sites (tertiary alicyclic amines) is 1. The minimum Gasteiger partial charge on any atom is -0.337 e. The van der Waals surface area contributed by atoms with E-state index in [2.05, 4.69) is 15.9 Å². The molecule has 2 nitrogen and oxygen atoms in total. The summed E-state index contributed by atoms with van der Waals surface area (Å²) in [4.78, 5) is 13.5. The maximum Gasteiger partial charge on any atom is 0.236 e. The van der Waals surface area contributed by atoms with Crippen molar-refractivity contribution in [2.24, 2.45) is 0 Å².